The van der Waals surface area contributed by atoms with E-state index >= 15 is 0 Å². The number of benzene rings is 1. The second kappa shape index (κ2) is 9.14. The predicted molar refractivity (Wildman–Crippen MR) is 105 cm³/mol. The van der Waals surface area contributed by atoms with E-state index in [-0.39, 0.29) is 42.1 Å². The molecule has 0 aromatic heterocycles. The van der Waals surface area contributed by atoms with E-state index < -0.39 is 10.0 Å². The van der Waals surface area contributed by atoms with Crippen LogP contribution < -0.4 is 5.32 Å². The molecule has 0 radical (unpaired) electrons. The van der Waals surface area contributed by atoms with Gasteiger partial charge in [0.1, 0.15) is 0 Å². The van der Waals surface area contributed by atoms with Crippen molar-refractivity contribution in [2.75, 3.05) is 39.3 Å². The van der Waals surface area contributed by atoms with Gasteiger partial charge in [-0.3, -0.25) is 9.59 Å². The van der Waals surface area contributed by atoms with Gasteiger partial charge >= 0.3 is 0 Å². The standard InChI is InChI=1S/C18H25N3O4S.ClH/c1-14(22)16-4-6-17(7-5-16)26(24,25)21-10-8-20(9-11-21)18(23)13-19-12-15-2-3-15;/h4-7,15,19H,2-3,8-13H2,1H3;1H. The normalized spacial score (nSPS) is 18.0. The van der Waals surface area contributed by atoms with Gasteiger partial charge in [0.15, 0.2) is 5.78 Å². The Labute approximate surface area is 166 Å². The number of carbonyl (C=O) groups excluding carboxylic acids is 2. The van der Waals surface area contributed by atoms with E-state index in [1.165, 1.54) is 48.3 Å². The highest BCUT2D eigenvalue weighted by Gasteiger charge is 2.30. The van der Waals surface area contributed by atoms with Crippen LogP contribution in [-0.2, 0) is 14.8 Å². The molecule has 1 amide bonds. The molecule has 1 aliphatic carbocycles. The van der Waals surface area contributed by atoms with E-state index in [0.717, 1.165) is 12.5 Å². The molecule has 7 nitrogen and oxygen atoms in total. The average Bonchev–Trinajstić information content (AvgIpc) is 3.46. The van der Waals surface area contributed by atoms with Gasteiger partial charge in [0.2, 0.25) is 15.9 Å². The fourth-order valence-electron chi connectivity index (χ4n) is 3.01. The number of nitrogens with one attached hydrogen (secondary N) is 1. The summed E-state index contributed by atoms with van der Waals surface area (Å²) in [6.45, 7) is 4.01. The fraction of sp³-hybridized carbons (Fsp3) is 0.556. The summed E-state index contributed by atoms with van der Waals surface area (Å²) >= 11 is 0. The number of carbonyl (C=O) groups is 2. The zero-order valence-corrected chi connectivity index (χ0v) is 17.0. The van der Waals surface area contributed by atoms with Crippen LogP contribution in [0.15, 0.2) is 29.2 Å². The second-order valence-electron chi connectivity index (χ2n) is 6.94. The van der Waals surface area contributed by atoms with Crippen LogP contribution in [0, 0.1) is 5.92 Å². The van der Waals surface area contributed by atoms with Gasteiger partial charge < -0.3 is 10.2 Å². The van der Waals surface area contributed by atoms with Gasteiger partial charge in [0.05, 0.1) is 11.4 Å². The van der Waals surface area contributed by atoms with E-state index in [9.17, 15) is 18.0 Å². The topological polar surface area (TPSA) is 86.8 Å². The zero-order chi connectivity index (χ0) is 18.7. The Balaban J connectivity index is 0.00000261. The molecule has 0 spiro atoms. The molecule has 3 rings (SSSR count). The summed E-state index contributed by atoms with van der Waals surface area (Å²) in [4.78, 5) is 25.4. The molecule has 1 heterocycles. The third-order valence-corrected chi connectivity index (χ3v) is 6.81. The maximum atomic E-state index is 12.7. The maximum Gasteiger partial charge on any atom is 0.243 e. The molecule has 150 valence electrons. The SMILES string of the molecule is CC(=O)c1ccc(S(=O)(=O)N2CCN(C(=O)CNCC3CC3)CC2)cc1.Cl. The van der Waals surface area contributed by atoms with E-state index in [1.54, 1.807) is 4.90 Å². The first-order chi connectivity index (χ1) is 12.4. The number of halogens is 1. The van der Waals surface area contributed by atoms with E-state index in [2.05, 4.69) is 5.32 Å². The Bertz CT molecular complexity index is 770. The molecule has 27 heavy (non-hydrogen) atoms. The van der Waals surface area contributed by atoms with Crippen LogP contribution in [0.5, 0.6) is 0 Å². The van der Waals surface area contributed by atoms with Crippen LogP contribution in [0.2, 0.25) is 0 Å². The number of ketones is 1. The summed E-state index contributed by atoms with van der Waals surface area (Å²) < 4.78 is 26.8. The molecule has 1 aliphatic heterocycles. The highest BCUT2D eigenvalue weighted by Crippen LogP contribution is 2.27. The number of rotatable bonds is 7. The van der Waals surface area contributed by atoms with E-state index in [0.29, 0.717) is 25.2 Å². The maximum absolute atomic E-state index is 12.7. The minimum atomic E-state index is -3.61. The summed E-state index contributed by atoms with van der Waals surface area (Å²) in [5.74, 6) is 0.643. The Hall–Kier alpha value is -1.48. The first-order valence-electron chi connectivity index (χ1n) is 8.97. The minimum Gasteiger partial charge on any atom is -0.339 e. The first-order valence-corrected chi connectivity index (χ1v) is 10.4. The molecule has 9 heteroatoms. The van der Waals surface area contributed by atoms with Crippen LogP contribution in [0.1, 0.15) is 30.1 Å². The van der Waals surface area contributed by atoms with Crippen molar-refractivity contribution in [3.05, 3.63) is 29.8 Å². The predicted octanol–water partition coefficient (Wildman–Crippen LogP) is 1.14. The van der Waals surface area contributed by atoms with Crippen molar-refractivity contribution in [3.63, 3.8) is 0 Å². The number of amides is 1. The lowest BCUT2D eigenvalue weighted by molar-refractivity contribution is -0.131. The van der Waals surface area contributed by atoms with Gasteiger partial charge in [0, 0.05) is 31.7 Å². The Morgan fingerprint density at radius 3 is 2.19 bits per heavy atom. The van der Waals surface area contributed by atoms with Gasteiger partial charge in [-0.1, -0.05) is 12.1 Å². The van der Waals surface area contributed by atoms with Crippen LogP contribution in [-0.4, -0.2) is 68.6 Å². The molecule has 1 aromatic rings. The first kappa shape index (κ1) is 21.8. The van der Waals surface area contributed by atoms with E-state index in [4.69, 9.17) is 0 Å². The van der Waals surface area contributed by atoms with Crippen LogP contribution in [0.4, 0.5) is 0 Å². The summed E-state index contributed by atoms with van der Waals surface area (Å²) in [5.41, 5.74) is 0.484. The van der Waals surface area contributed by atoms with Crippen molar-refractivity contribution in [2.24, 2.45) is 5.92 Å². The van der Waals surface area contributed by atoms with Crippen molar-refractivity contribution in [3.8, 4) is 0 Å². The third kappa shape index (κ3) is 5.51. The molecule has 2 fully saturated rings. The van der Waals surface area contributed by atoms with Gasteiger partial charge in [-0.15, -0.1) is 12.4 Å². The molecule has 1 saturated heterocycles. The molecule has 1 saturated carbocycles. The van der Waals surface area contributed by atoms with Crippen molar-refractivity contribution >= 4 is 34.1 Å². The number of sulfonamides is 1. The molecule has 2 aliphatic rings. The summed E-state index contributed by atoms with van der Waals surface area (Å²) in [5, 5.41) is 3.18. The van der Waals surface area contributed by atoms with Gasteiger partial charge in [0.25, 0.3) is 0 Å². The monoisotopic (exact) mass is 415 g/mol. The van der Waals surface area contributed by atoms with Crippen LogP contribution in [0.3, 0.4) is 0 Å². The molecule has 1 aromatic carbocycles. The molecule has 1 N–H and O–H groups in total. The van der Waals surface area contributed by atoms with Crippen molar-refractivity contribution < 1.29 is 18.0 Å². The Morgan fingerprint density at radius 2 is 1.67 bits per heavy atom. The summed E-state index contributed by atoms with van der Waals surface area (Å²) in [6.07, 6.45) is 2.48. The molecular weight excluding hydrogens is 390 g/mol. The molecule has 0 atom stereocenters. The van der Waals surface area contributed by atoms with Gasteiger partial charge in [-0.05, 0) is 44.4 Å². The van der Waals surface area contributed by atoms with Crippen LogP contribution >= 0.6 is 12.4 Å². The number of nitrogens with zero attached hydrogens (tertiary/aromatic N) is 2. The van der Waals surface area contributed by atoms with Crippen LogP contribution in [0.25, 0.3) is 0 Å². The van der Waals surface area contributed by atoms with Gasteiger partial charge in [-0.2, -0.15) is 4.31 Å². The number of piperazine rings is 1. The lowest BCUT2D eigenvalue weighted by Gasteiger charge is -2.34. The number of hydrogen-bond acceptors (Lipinski definition) is 5. The lowest BCUT2D eigenvalue weighted by Crippen LogP contribution is -2.52. The quantitative estimate of drug-likeness (QED) is 0.675. The second-order valence-corrected chi connectivity index (χ2v) is 8.88. The summed E-state index contributed by atoms with van der Waals surface area (Å²) in [6, 6.07) is 5.98. The Morgan fingerprint density at radius 1 is 1.07 bits per heavy atom. The minimum absolute atomic E-state index is 0. The van der Waals surface area contributed by atoms with Crippen molar-refractivity contribution in [2.45, 2.75) is 24.7 Å². The van der Waals surface area contributed by atoms with E-state index in [1.807, 2.05) is 0 Å². The number of hydrogen-bond donors (Lipinski definition) is 1. The fourth-order valence-corrected chi connectivity index (χ4v) is 4.43. The third-order valence-electron chi connectivity index (χ3n) is 4.90. The average molecular weight is 416 g/mol. The highest BCUT2D eigenvalue weighted by molar-refractivity contribution is 7.89. The van der Waals surface area contributed by atoms with Crippen molar-refractivity contribution in [1.82, 2.24) is 14.5 Å². The lowest BCUT2D eigenvalue weighted by atomic mass is 10.2. The highest BCUT2D eigenvalue weighted by atomic mass is 35.5. The van der Waals surface area contributed by atoms with Gasteiger partial charge in [-0.25, -0.2) is 8.42 Å². The molecule has 0 bridgehead atoms. The molecular formula is C18H26ClN3O4S. The largest absolute Gasteiger partial charge is 0.339 e. The molecule has 0 unspecified atom stereocenters. The zero-order valence-electron chi connectivity index (χ0n) is 15.4. The van der Waals surface area contributed by atoms with Crippen molar-refractivity contribution in [1.29, 1.82) is 0 Å². The number of Topliss-reactive ketones (excluding diaryl/α,β-unsaturated/α-hetero) is 1. The smallest absolute Gasteiger partial charge is 0.243 e. The Kier molecular flexibility index (Phi) is 7.39. The summed E-state index contributed by atoms with van der Waals surface area (Å²) in [7, 11) is -3.61.